The van der Waals surface area contributed by atoms with E-state index in [0.717, 1.165) is 9.75 Å². The average molecular weight is 200 g/mol. The fourth-order valence-corrected chi connectivity index (χ4v) is 1.93. The van der Waals surface area contributed by atoms with Crippen LogP contribution in [-0.4, -0.2) is 16.2 Å². The number of thiophene rings is 1. The Morgan fingerprint density at radius 1 is 1.62 bits per heavy atom. The number of aliphatic carboxylic acids is 1. The van der Waals surface area contributed by atoms with Gasteiger partial charge >= 0.3 is 5.97 Å². The van der Waals surface area contributed by atoms with Crippen LogP contribution >= 0.6 is 11.3 Å². The van der Waals surface area contributed by atoms with Crippen molar-refractivity contribution in [1.29, 1.82) is 0 Å². The van der Waals surface area contributed by atoms with Crippen molar-refractivity contribution in [3.8, 4) is 0 Å². The Morgan fingerprint density at radius 2 is 2.31 bits per heavy atom. The standard InChI is InChI=1S/C9H12O3S/c1-6(10)8-4-2-7(13-8)3-5-9(11)12/h2,4,6,10H,3,5H2,1H3,(H,11,12). The molecule has 13 heavy (non-hydrogen) atoms. The monoisotopic (exact) mass is 200 g/mol. The SMILES string of the molecule is CC(O)c1ccc(CCC(=O)O)s1. The molecule has 0 fully saturated rings. The number of aryl methyl sites for hydroxylation is 1. The maximum Gasteiger partial charge on any atom is 0.303 e. The minimum Gasteiger partial charge on any atom is -0.481 e. The summed E-state index contributed by atoms with van der Waals surface area (Å²) >= 11 is 1.47. The first-order valence-corrected chi connectivity index (χ1v) is 4.89. The fourth-order valence-electron chi connectivity index (χ4n) is 0.984. The second-order valence-electron chi connectivity index (χ2n) is 2.87. The van der Waals surface area contributed by atoms with Crippen LogP contribution in [0.25, 0.3) is 0 Å². The number of hydrogen-bond donors (Lipinski definition) is 2. The van der Waals surface area contributed by atoms with Crippen LogP contribution in [0.2, 0.25) is 0 Å². The first kappa shape index (κ1) is 10.2. The van der Waals surface area contributed by atoms with Crippen LogP contribution in [0.5, 0.6) is 0 Å². The predicted octanol–water partition coefficient (Wildman–Crippen LogP) is 1.82. The van der Waals surface area contributed by atoms with Gasteiger partial charge in [-0.2, -0.15) is 0 Å². The lowest BCUT2D eigenvalue weighted by Crippen LogP contribution is -1.95. The van der Waals surface area contributed by atoms with Crippen molar-refractivity contribution in [1.82, 2.24) is 0 Å². The molecule has 1 aromatic rings. The van der Waals surface area contributed by atoms with Crippen LogP contribution in [0.1, 0.15) is 29.2 Å². The summed E-state index contributed by atoms with van der Waals surface area (Å²) < 4.78 is 0. The molecule has 72 valence electrons. The molecule has 4 heteroatoms. The molecule has 1 heterocycles. The third-order valence-electron chi connectivity index (χ3n) is 1.68. The van der Waals surface area contributed by atoms with Crippen LogP contribution < -0.4 is 0 Å². The molecule has 3 nitrogen and oxygen atoms in total. The first-order chi connectivity index (χ1) is 6.09. The van der Waals surface area contributed by atoms with E-state index in [2.05, 4.69) is 0 Å². The second-order valence-corrected chi connectivity index (χ2v) is 4.07. The number of aliphatic hydroxyl groups is 1. The largest absolute Gasteiger partial charge is 0.481 e. The van der Waals surface area contributed by atoms with E-state index in [0.29, 0.717) is 6.42 Å². The van der Waals surface area contributed by atoms with Gasteiger partial charge in [0.15, 0.2) is 0 Å². The van der Waals surface area contributed by atoms with Gasteiger partial charge in [0.25, 0.3) is 0 Å². The van der Waals surface area contributed by atoms with Crippen molar-refractivity contribution >= 4 is 17.3 Å². The molecular formula is C9H12O3S. The Bertz CT molecular complexity index is 291. The Hall–Kier alpha value is -0.870. The molecule has 0 spiro atoms. The topological polar surface area (TPSA) is 57.5 Å². The number of carboxylic acid groups (broad SMARTS) is 1. The zero-order valence-electron chi connectivity index (χ0n) is 7.36. The van der Waals surface area contributed by atoms with Gasteiger partial charge in [-0.1, -0.05) is 0 Å². The third kappa shape index (κ3) is 3.16. The molecule has 0 amide bonds. The maximum absolute atomic E-state index is 10.3. The van der Waals surface area contributed by atoms with Crippen molar-refractivity contribution in [2.45, 2.75) is 25.9 Å². The highest BCUT2D eigenvalue weighted by atomic mass is 32.1. The van der Waals surface area contributed by atoms with Gasteiger partial charge in [-0.05, 0) is 25.5 Å². The van der Waals surface area contributed by atoms with Gasteiger partial charge < -0.3 is 10.2 Å². The van der Waals surface area contributed by atoms with E-state index < -0.39 is 12.1 Å². The van der Waals surface area contributed by atoms with Crippen molar-refractivity contribution in [2.24, 2.45) is 0 Å². The summed E-state index contributed by atoms with van der Waals surface area (Å²) in [6, 6.07) is 3.71. The van der Waals surface area contributed by atoms with Crippen LogP contribution in [-0.2, 0) is 11.2 Å². The van der Waals surface area contributed by atoms with Crippen molar-refractivity contribution < 1.29 is 15.0 Å². The zero-order valence-corrected chi connectivity index (χ0v) is 8.17. The van der Waals surface area contributed by atoms with E-state index in [4.69, 9.17) is 5.11 Å². The lowest BCUT2D eigenvalue weighted by Gasteiger charge is -1.97. The van der Waals surface area contributed by atoms with Gasteiger partial charge in [0.1, 0.15) is 0 Å². The molecule has 1 rings (SSSR count). The minimum atomic E-state index is -0.785. The normalized spacial score (nSPS) is 12.8. The molecule has 0 bridgehead atoms. The minimum absolute atomic E-state index is 0.153. The van der Waals surface area contributed by atoms with Crippen LogP contribution in [0, 0.1) is 0 Å². The summed E-state index contributed by atoms with van der Waals surface area (Å²) in [4.78, 5) is 12.2. The lowest BCUT2D eigenvalue weighted by molar-refractivity contribution is -0.136. The molecule has 0 aliphatic heterocycles. The summed E-state index contributed by atoms with van der Waals surface area (Å²) in [5.41, 5.74) is 0. The molecule has 0 aliphatic carbocycles. The molecule has 1 atom stereocenters. The van der Waals surface area contributed by atoms with Crippen molar-refractivity contribution in [3.05, 3.63) is 21.9 Å². The maximum atomic E-state index is 10.3. The van der Waals surface area contributed by atoms with Gasteiger partial charge in [0.2, 0.25) is 0 Å². The molecule has 0 radical (unpaired) electrons. The number of aliphatic hydroxyl groups excluding tert-OH is 1. The van der Waals surface area contributed by atoms with E-state index in [1.807, 2.05) is 12.1 Å². The molecule has 0 saturated heterocycles. The van der Waals surface area contributed by atoms with E-state index in [-0.39, 0.29) is 6.42 Å². The molecule has 2 N–H and O–H groups in total. The highest BCUT2D eigenvalue weighted by molar-refractivity contribution is 7.12. The fraction of sp³-hybridized carbons (Fsp3) is 0.444. The highest BCUT2D eigenvalue weighted by Crippen LogP contribution is 2.23. The van der Waals surface area contributed by atoms with E-state index in [1.54, 1.807) is 6.92 Å². The van der Waals surface area contributed by atoms with E-state index >= 15 is 0 Å². The van der Waals surface area contributed by atoms with Crippen molar-refractivity contribution in [3.63, 3.8) is 0 Å². The Labute approximate surface area is 80.6 Å². The Kier molecular flexibility index (Phi) is 3.45. The Morgan fingerprint density at radius 3 is 2.77 bits per heavy atom. The van der Waals surface area contributed by atoms with Gasteiger partial charge in [0, 0.05) is 9.75 Å². The molecule has 0 saturated carbocycles. The van der Waals surface area contributed by atoms with E-state index in [1.165, 1.54) is 11.3 Å². The van der Waals surface area contributed by atoms with Gasteiger partial charge in [-0.15, -0.1) is 11.3 Å². The smallest absolute Gasteiger partial charge is 0.303 e. The van der Waals surface area contributed by atoms with Crippen LogP contribution in [0.15, 0.2) is 12.1 Å². The molecule has 0 aliphatic rings. The summed E-state index contributed by atoms with van der Waals surface area (Å²) in [7, 11) is 0. The van der Waals surface area contributed by atoms with Gasteiger partial charge in [-0.3, -0.25) is 4.79 Å². The highest BCUT2D eigenvalue weighted by Gasteiger charge is 2.06. The first-order valence-electron chi connectivity index (χ1n) is 4.08. The van der Waals surface area contributed by atoms with Crippen LogP contribution in [0.4, 0.5) is 0 Å². The van der Waals surface area contributed by atoms with Crippen LogP contribution in [0.3, 0.4) is 0 Å². The second kappa shape index (κ2) is 4.39. The van der Waals surface area contributed by atoms with Gasteiger partial charge in [-0.25, -0.2) is 0 Å². The average Bonchev–Trinajstić information content (AvgIpc) is 2.48. The molecular weight excluding hydrogens is 188 g/mol. The number of rotatable bonds is 4. The van der Waals surface area contributed by atoms with Gasteiger partial charge in [0.05, 0.1) is 12.5 Å². The number of hydrogen-bond acceptors (Lipinski definition) is 3. The third-order valence-corrected chi connectivity index (χ3v) is 2.99. The number of carbonyl (C=O) groups is 1. The Balaban J connectivity index is 2.54. The predicted molar refractivity (Wildman–Crippen MR) is 50.9 cm³/mol. The molecule has 0 aromatic carbocycles. The molecule has 1 aromatic heterocycles. The molecule has 1 unspecified atom stereocenters. The summed E-state index contributed by atoms with van der Waals surface area (Å²) in [6.45, 7) is 1.70. The summed E-state index contributed by atoms with van der Waals surface area (Å²) in [5, 5.41) is 17.7. The number of carboxylic acids is 1. The summed E-state index contributed by atoms with van der Waals surface area (Å²) in [6.07, 6.45) is 0.246. The van der Waals surface area contributed by atoms with E-state index in [9.17, 15) is 9.90 Å². The summed E-state index contributed by atoms with van der Waals surface area (Å²) in [5.74, 6) is -0.785. The lowest BCUT2D eigenvalue weighted by atomic mass is 10.2. The zero-order chi connectivity index (χ0) is 9.84. The quantitative estimate of drug-likeness (QED) is 0.779. The van der Waals surface area contributed by atoms with Crippen molar-refractivity contribution in [2.75, 3.05) is 0 Å².